The highest BCUT2D eigenvalue weighted by atomic mass is 16.2. The summed E-state index contributed by atoms with van der Waals surface area (Å²) in [6.45, 7) is 5.71. The largest absolute Gasteiger partial charge is 0.338 e. The average molecular weight is 344 g/mol. The summed E-state index contributed by atoms with van der Waals surface area (Å²) in [6, 6.07) is 3.96. The predicted octanol–water partition coefficient (Wildman–Crippen LogP) is 2.41. The Morgan fingerprint density at radius 2 is 2.08 bits per heavy atom. The molecule has 136 valence electrons. The minimum absolute atomic E-state index is 0.0403. The Kier molecular flexibility index (Phi) is 5.56. The van der Waals surface area contributed by atoms with Gasteiger partial charge in [-0.2, -0.15) is 0 Å². The number of piperidine rings is 2. The number of rotatable bonds is 4. The maximum Gasteiger partial charge on any atom is 0.317 e. The number of pyridine rings is 1. The molecule has 1 aromatic rings. The molecule has 25 heavy (non-hydrogen) atoms. The SMILES string of the molecule is CCCNC(=O)N1CCC[C@@]2(CCC(=O)N(Cc3ccncc3)C2)C1. The molecular weight excluding hydrogens is 316 g/mol. The van der Waals surface area contributed by atoms with E-state index in [-0.39, 0.29) is 17.4 Å². The fourth-order valence-corrected chi connectivity index (χ4v) is 4.01. The molecule has 3 rings (SSSR count). The predicted molar refractivity (Wildman–Crippen MR) is 95.8 cm³/mol. The molecular formula is C19H28N4O2. The molecule has 2 fully saturated rings. The Balaban J connectivity index is 1.66. The molecule has 0 unspecified atom stereocenters. The highest BCUT2D eigenvalue weighted by molar-refractivity contribution is 5.77. The van der Waals surface area contributed by atoms with Crippen LogP contribution in [0.3, 0.4) is 0 Å². The van der Waals surface area contributed by atoms with E-state index in [1.807, 2.05) is 21.9 Å². The molecule has 6 nitrogen and oxygen atoms in total. The summed E-state index contributed by atoms with van der Waals surface area (Å²) >= 11 is 0. The Morgan fingerprint density at radius 3 is 2.84 bits per heavy atom. The van der Waals surface area contributed by atoms with Gasteiger partial charge in [-0.1, -0.05) is 6.92 Å². The molecule has 2 aliphatic rings. The van der Waals surface area contributed by atoms with Crippen molar-refractivity contribution >= 4 is 11.9 Å². The monoisotopic (exact) mass is 344 g/mol. The molecule has 2 aliphatic heterocycles. The molecule has 0 aliphatic carbocycles. The molecule has 2 saturated heterocycles. The average Bonchev–Trinajstić information content (AvgIpc) is 2.64. The van der Waals surface area contributed by atoms with E-state index in [0.717, 1.165) is 57.4 Å². The molecule has 1 aromatic heterocycles. The number of carbonyl (C=O) groups excluding carboxylic acids is 2. The number of hydrogen-bond donors (Lipinski definition) is 1. The summed E-state index contributed by atoms with van der Waals surface area (Å²) in [5, 5.41) is 2.98. The second-order valence-corrected chi connectivity index (χ2v) is 7.36. The van der Waals surface area contributed by atoms with E-state index in [2.05, 4.69) is 17.2 Å². The molecule has 3 heterocycles. The molecule has 0 saturated carbocycles. The maximum atomic E-state index is 12.4. The van der Waals surface area contributed by atoms with Crippen LogP contribution in [-0.4, -0.2) is 52.9 Å². The Hall–Kier alpha value is -2.11. The van der Waals surface area contributed by atoms with Gasteiger partial charge in [0.15, 0.2) is 0 Å². The summed E-state index contributed by atoms with van der Waals surface area (Å²) in [6.07, 6.45) is 8.03. The first-order valence-electron chi connectivity index (χ1n) is 9.31. The summed E-state index contributed by atoms with van der Waals surface area (Å²) in [5.41, 5.74) is 1.15. The number of nitrogens with one attached hydrogen (secondary N) is 1. The second-order valence-electron chi connectivity index (χ2n) is 7.36. The molecule has 0 bridgehead atoms. The third-order valence-electron chi connectivity index (χ3n) is 5.35. The number of urea groups is 1. The lowest BCUT2D eigenvalue weighted by Crippen LogP contribution is -2.56. The molecule has 1 spiro atoms. The summed E-state index contributed by atoms with van der Waals surface area (Å²) in [4.78, 5) is 32.7. The number of nitrogens with zero attached hydrogens (tertiary/aromatic N) is 3. The van der Waals surface area contributed by atoms with Gasteiger partial charge >= 0.3 is 6.03 Å². The van der Waals surface area contributed by atoms with Crippen molar-refractivity contribution in [3.63, 3.8) is 0 Å². The van der Waals surface area contributed by atoms with Crippen molar-refractivity contribution in [2.75, 3.05) is 26.2 Å². The third kappa shape index (κ3) is 4.30. The molecule has 0 radical (unpaired) electrons. The van der Waals surface area contributed by atoms with Crippen molar-refractivity contribution in [2.45, 2.75) is 45.6 Å². The van der Waals surface area contributed by atoms with E-state index in [1.165, 1.54) is 0 Å². The lowest BCUT2D eigenvalue weighted by Gasteiger charge is -2.48. The number of aromatic nitrogens is 1. The first-order chi connectivity index (χ1) is 12.1. The minimum atomic E-state index is 0.0403. The zero-order valence-electron chi connectivity index (χ0n) is 15.0. The summed E-state index contributed by atoms with van der Waals surface area (Å²) < 4.78 is 0. The van der Waals surface area contributed by atoms with Crippen LogP contribution in [0, 0.1) is 5.41 Å². The normalized spacial score (nSPS) is 23.8. The number of amides is 3. The van der Waals surface area contributed by atoms with E-state index >= 15 is 0 Å². The molecule has 0 aromatic carbocycles. The topological polar surface area (TPSA) is 65.5 Å². The number of likely N-dealkylation sites (tertiary alicyclic amines) is 2. The molecule has 6 heteroatoms. The van der Waals surface area contributed by atoms with Gasteiger partial charge in [-0.15, -0.1) is 0 Å². The van der Waals surface area contributed by atoms with Gasteiger partial charge in [0.25, 0.3) is 0 Å². The van der Waals surface area contributed by atoms with Crippen LogP contribution in [0.1, 0.15) is 44.6 Å². The van der Waals surface area contributed by atoms with Gasteiger partial charge in [0.05, 0.1) is 0 Å². The number of carbonyl (C=O) groups is 2. The standard InChI is InChI=1S/C19H28N4O2/c1-2-9-21-18(25)22-12-3-7-19(14-22)8-4-17(24)23(15-19)13-16-5-10-20-11-6-16/h5-6,10-11H,2-4,7-9,12-15H2,1H3,(H,21,25)/t19-/m1/s1. The van der Waals surface area contributed by atoms with Gasteiger partial charge in [0, 0.05) is 57.0 Å². The van der Waals surface area contributed by atoms with Crippen molar-refractivity contribution in [3.8, 4) is 0 Å². The van der Waals surface area contributed by atoms with Crippen LogP contribution in [0.4, 0.5) is 4.79 Å². The Morgan fingerprint density at radius 1 is 1.28 bits per heavy atom. The van der Waals surface area contributed by atoms with Crippen molar-refractivity contribution in [1.82, 2.24) is 20.1 Å². The van der Waals surface area contributed by atoms with Crippen molar-refractivity contribution in [2.24, 2.45) is 5.41 Å². The van der Waals surface area contributed by atoms with Crippen LogP contribution in [0.2, 0.25) is 0 Å². The van der Waals surface area contributed by atoms with E-state index in [1.54, 1.807) is 12.4 Å². The molecule has 1 atom stereocenters. The lowest BCUT2D eigenvalue weighted by molar-refractivity contribution is -0.139. The van der Waals surface area contributed by atoms with Crippen molar-refractivity contribution in [3.05, 3.63) is 30.1 Å². The smallest absolute Gasteiger partial charge is 0.317 e. The van der Waals surface area contributed by atoms with Gasteiger partial charge in [-0.05, 0) is 43.4 Å². The lowest BCUT2D eigenvalue weighted by atomic mass is 9.73. The van der Waals surface area contributed by atoms with Crippen LogP contribution in [-0.2, 0) is 11.3 Å². The fourth-order valence-electron chi connectivity index (χ4n) is 4.01. The van der Waals surface area contributed by atoms with Crippen LogP contribution < -0.4 is 5.32 Å². The van der Waals surface area contributed by atoms with E-state index in [4.69, 9.17) is 0 Å². The maximum absolute atomic E-state index is 12.4. The van der Waals surface area contributed by atoms with Crippen molar-refractivity contribution in [1.29, 1.82) is 0 Å². The van der Waals surface area contributed by atoms with Crippen LogP contribution in [0.15, 0.2) is 24.5 Å². The quantitative estimate of drug-likeness (QED) is 0.912. The van der Waals surface area contributed by atoms with E-state index in [9.17, 15) is 9.59 Å². The number of hydrogen-bond acceptors (Lipinski definition) is 3. The Bertz CT molecular complexity index is 607. The van der Waals surface area contributed by atoms with Crippen molar-refractivity contribution < 1.29 is 9.59 Å². The summed E-state index contributed by atoms with van der Waals surface area (Å²) in [5.74, 6) is 0.218. The highest BCUT2D eigenvalue weighted by Crippen LogP contribution is 2.39. The van der Waals surface area contributed by atoms with Gasteiger partial charge in [-0.3, -0.25) is 9.78 Å². The van der Waals surface area contributed by atoms with Crippen LogP contribution in [0.25, 0.3) is 0 Å². The third-order valence-corrected chi connectivity index (χ3v) is 5.35. The Labute approximate surface area is 149 Å². The minimum Gasteiger partial charge on any atom is -0.338 e. The van der Waals surface area contributed by atoms with Gasteiger partial charge < -0.3 is 15.1 Å². The van der Waals surface area contributed by atoms with Gasteiger partial charge in [0.2, 0.25) is 5.91 Å². The fraction of sp³-hybridized carbons (Fsp3) is 0.632. The van der Waals surface area contributed by atoms with Gasteiger partial charge in [0.1, 0.15) is 0 Å². The van der Waals surface area contributed by atoms with Crippen LogP contribution >= 0.6 is 0 Å². The summed E-state index contributed by atoms with van der Waals surface area (Å²) in [7, 11) is 0. The first kappa shape index (κ1) is 17.7. The zero-order valence-corrected chi connectivity index (χ0v) is 15.0. The van der Waals surface area contributed by atoms with Gasteiger partial charge in [-0.25, -0.2) is 4.79 Å². The van der Waals surface area contributed by atoms with Crippen LogP contribution in [0.5, 0.6) is 0 Å². The molecule has 3 amide bonds. The van der Waals surface area contributed by atoms with E-state index < -0.39 is 0 Å². The first-order valence-corrected chi connectivity index (χ1v) is 9.31. The highest BCUT2D eigenvalue weighted by Gasteiger charge is 2.42. The van der Waals surface area contributed by atoms with E-state index in [0.29, 0.717) is 13.0 Å². The second kappa shape index (κ2) is 7.85. The molecule has 1 N–H and O–H groups in total. The zero-order chi connectivity index (χ0) is 17.7.